The minimum absolute atomic E-state index is 0.0154. The molecule has 2 N–H and O–H groups in total. The summed E-state index contributed by atoms with van der Waals surface area (Å²) in [4.78, 5) is 23.2. The number of benzene rings is 2. The predicted molar refractivity (Wildman–Crippen MR) is 94.1 cm³/mol. The van der Waals surface area contributed by atoms with E-state index in [0.29, 0.717) is 5.69 Å². The van der Waals surface area contributed by atoms with Crippen LogP contribution in [0.15, 0.2) is 36.4 Å². The van der Waals surface area contributed by atoms with Crippen molar-refractivity contribution >= 4 is 17.6 Å². The molecule has 2 aromatic carbocycles. The second-order valence-electron chi connectivity index (χ2n) is 5.62. The molecule has 0 unspecified atom stereocenters. The highest BCUT2D eigenvalue weighted by Gasteiger charge is 2.14. The summed E-state index contributed by atoms with van der Waals surface area (Å²) in [7, 11) is 0. The Morgan fingerprint density at radius 2 is 1.76 bits per heavy atom. The standard InChI is InChI=1S/C19H21NO5/c1-12-5-4-6-13(2)18(12)24-9-10-25-19(23)16-11-15(20-14(3)21)7-8-17(16)22/h4-8,11,22H,9-10H2,1-3H3,(H,20,21). The maximum absolute atomic E-state index is 12.1. The zero-order valence-corrected chi connectivity index (χ0v) is 14.5. The van der Waals surface area contributed by atoms with E-state index in [1.165, 1.54) is 25.1 Å². The minimum Gasteiger partial charge on any atom is -0.507 e. The number of phenols is 1. The Morgan fingerprint density at radius 1 is 1.08 bits per heavy atom. The van der Waals surface area contributed by atoms with Gasteiger partial charge in [0.25, 0.3) is 0 Å². The summed E-state index contributed by atoms with van der Waals surface area (Å²) >= 11 is 0. The van der Waals surface area contributed by atoms with Crippen LogP contribution >= 0.6 is 0 Å². The van der Waals surface area contributed by atoms with E-state index in [-0.39, 0.29) is 30.4 Å². The summed E-state index contributed by atoms with van der Waals surface area (Å²) in [6.45, 7) is 5.48. The molecule has 0 radical (unpaired) electrons. The van der Waals surface area contributed by atoms with Crippen LogP contribution in [0.5, 0.6) is 11.5 Å². The third kappa shape index (κ3) is 4.97. The number of hydrogen-bond acceptors (Lipinski definition) is 5. The van der Waals surface area contributed by atoms with Gasteiger partial charge in [-0.1, -0.05) is 18.2 Å². The van der Waals surface area contributed by atoms with Gasteiger partial charge in [-0.25, -0.2) is 4.79 Å². The number of carbonyl (C=O) groups excluding carboxylic acids is 2. The quantitative estimate of drug-likeness (QED) is 0.478. The molecule has 0 heterocycles. The number of ether oxygens (including phenoxy) is 2. The molecular formula is C19H21NO5. The summed E-state index contributed by atoms with van der Waals surface area (Å²) in [6.07, 6.45) is 0. The zero-order chi connectivity index (χ0) is 18.4. The van der Waals surface area contributed by atoms with E-state index in [4.69, 9.17) is 9.47 Å². The van der Waals surface area contributed by atoms with Crippen molar-refractivity contribution in [3.63, 3.8) is 0 Å². The van der Waals surface area contributed by atoms with Crippen LogP contribution in [0.2, 0.25) is 0 Å². The van der Waals surface area contributed by atoms with Gasteiger partial charge in [0.2, 0.25) is 5.91 Å². The molecule has 0 fully saturated rings. The van der Waals surface area contributed by atoms with Crippen LogP contribution < -0.4 is 10.1 Å². The molecule has 0 bridgehead atoms. The Bertz CT molecular complexity index is 765. The number of amides is 1. The largest absolute Gasteiger partial charge is 0.507 e. The molecule has 0 aliphatic carbocycles. The van der Waals surface area contributed by atoms with Crippen molar-refractivity contribution in [2.75, 3.05) is 18.5 Å². The molecule has 0 aliphatic heterocycles. The highest BCUT2D eigenvalue weighted by atomic mass is 16.6. The molecule has 0 aliphatic rings. The Labute approximate surface area is 146 Å². The molecule has 2 rings (SSSR count). The number of aryl methyl sites for hydroxylation is 2. The van der Waals surface area contributed by atoms with Gasteiger partial charge in [-0.05, 0) is 43.2 Å². The van der Waals surface area contributed by atoms with Gasteiger partial charge < -0.3 is 19.9 Å². The number of aromatic hydroxyl groups is 1. The van der Waals surface area contributed by atoms with E-state index in [2.05, 4.69) is 5.32 Å². The van der Waals surface area contributed by atoms with Crippen LogP contribution in [-0.4, -0.2) is 30.2 Å². The Balaban J connectivity index is 1.93. The van der Waals surface area contributed by atoms with Crippen molar-refractivity contribution in [1.29, 1.82) is 0 Å². The number of esters is 1. The number of rotatable bonds is 6. The third-order valence-corrected chi connectivity index (χ3v) is 3.51. The number of nitrogens with one attached hydrogen (secondary N) is 1. The molecule has 2 aromatic rings. The SMILES string of the molecule is CC(=O)Nc1ccc(O)c(C(=O)OCCOc2c(C)cccc2C)c1. The summed E-state index contributed by atoms with van der Waals surface area (Å²) in [5, 5.41) is 12.3. The fourth-order valence-corrected chi connectivity index (χ4v) is 2.36. The van der Waals surface area contributed by atoms with E-state index in [1.807, 2.05) is 32.0 Å². The first-order valence-electron chi connectivity index (χ1n) is 7.85. The van der Waals surface area contributed by atoms with Gasteiger partial charge in [-0.2, -0.15) is 0 Å². The summed E-state index contributed by atoms with van der Waals surface area (Å²) < 4.78 is 10.8. The average molecular weight is 343 g/mol. The van der Waals surface area contributed by atoms with Crippen LogP contribution in [-0.2, 0) is 9.53 Å². The molecule has 0 aromatic heterocycles. The lowest BCUT2D eigenvalue weighted by molar-refractivity contribution is -0.114. The molecule has 132 valence electrons. The summed E-state index contributed by atoms with van der Waals surface area (Å²) in [5.41, 5.74) is 2.40. The molecule has 0 atom stereocenters. The first-order chi connectivity index (χ1) is 11.9. The van der Waals surface area contributed by atoms with Gasteiger partial charge in [-0.15, -0.1) is 0 Å². The lowest BCUT2D eigenvalue weighted by atomic mass is 10.1. The van der Waals surface area contributed by atoms with Gasteiger partial charge in [-0.3, -0.25) is 4.79 Å². The normalized spacial score (nSPS) is 10.2. The second-order valence-corrected chi connectivity index (χ2v) is 5.62. The number of phenolic OH excluding ortho intramolecular Hbond substituents is 1. The first-order valence-corrected chi connectivity index (χ1v) is 7.85. The molecular weight excluding hydrogens is 322 g/mol. The number of carbonyl (C=O) groups is 2. The van der Waals surface area contributed by atoms with E-state index >= 15 is 0 Å². The van der Waals surface area contributed by atoms with Crippen molar-refractivity contribution in [1.82, 2.24) is 0 Å². The van der Waals surface area contributed by atoms with E-state index in [9.17, 15) is 14.7 Å². The number of anilines is 1. The van der Waals surface area contributed by atoms with E-state index < -0.39 is 5.97 Å². The topological polar surface area (TPSA) is 84.9 Å². The average Bonchev–Trinajstić information content (AvgIpc) is 2.55. The lowest BCUT2D eigenvalue weighted by Gasteiger charge is -2.12. The zero-order valence-electron chi connectivity index (χ0n) is 14.5. The fraction of sp³-hybridized carbons (Fsp3) is 0.263. The Morgan fingerprint density at radius 3 is 2.40 bits per heavy atom. The van der Waals surface area contributed by atoms with E-state index in [1.54, 1.807) is 0 Å². The molecule has 0 saturated heterocycles. The van der Waals surface area contributed by atoms with Crippen molar-refractivity contribution in [2.45, 2.75) is 20.8 Å². The summed E-state index contributed by atoms with van der Waals surface area (Å²) in [6, 6.07) is 10.0. The Kier molecular flexibility index (Phi) is 6.00. The molecule has 6 heteroatoms. The van der Waals surface area contributed by atoms with Gasteiger partial charge in [0, 0.05) is 12.6 Å². The summed E-state index contributed by atoms with van der Waals surface area (Å²) in [5.74, 6) is -0.398. The maximum atomic E-state index is 12.1. The highest BCUT2D eigenvalue weighted by Crippen LogP contribution is 2.23. The van der Waals surface area contributed by atoms with Gasteiger partial charge in [0.1, 0.15) is 30.3 Å². The number of hydrogen-bond donors (Lipinski definition) is 2. The number of para-hydroxylation sites is 1. The van der Waals surface area contributed by atoms with Crippen molar-refractivity contribution in [2.24, 2.45) is 0 Å². The van der Waals surface area contributed by atoms with Gasteiger partial charge in [0.05, 0.1) is 0 Å². The molecule has 1 amide bonds. The van der Waals surface area contributed by atoms with E-state index in [0.717, 1.165) is 16.9 Å². The third-order valence-electron chi connectivity index (χ3n) is 3.51. The molecule has 0 saturated carbocycles. The lowest BCUT2D eigenvalue weighted by Crippen LogP contribution is -2.14. The molecule has 0 spiro atoms. The smallest absolute Gasteiger partial charge is 0.342 e. The minimum atomic E-state index is -0.685. The fourth-order valence-electron chi connectivity index (χ4n) is 2.36. The van der Waals surface area contributed by atoms with Gasteiger partial charge in [0.15, 0.2) is 0 Å². The predicted octanol–water partition coefficient (Wildman–Crippen LogP) is 3.20. The first kappa shape index (κ1) is 18.3. The Hall–Kier alpha value is -3.02. The van der Waals surface area contributed by atoms with Crippen LogP contribution in [0, 0.1) is 13.8 Å². The van der Waals surface area contributed by atoms with Crippen LogP contribution in [0.1, 0.15) is 28.4 Å². The van der Waals surface area contributed by atoms with Crippen molar-refractivity contribution in [3.8, 4) is 11.5 Å². The highest BCUT2D eigenvalue weighted by molar-refractivity contribution is 5.95. The molecule has 25 heavy (non-hydrogen) atoms. The monoisotopic (exact) mass is 343 g/mol. The second kappa shape index (κ2) is 8.19. The maximum Gasteiger partial charge on any atom is 0.342 e. The van der Waals surface area contributed by atoms with Crippen molar-refractivity contribution in [3.05, 3.63) is 53.1 Å². The van der Waals surface area contributed by atoms with Crippen molar-refractivity contribution < 1.29 is 24.2 Å². The van der Waals surface area contributed by atoms with Crippen LogP contribution in [0.25, 0.3) is 0 Å². The van der Waals surface area contributed by atoms with Gasteiger partial charge >= 0.3 is 5.97 Å². The van der Waals surface area contributed by atoms with Crippen LogP contribution in [0.4, 0.5) is 5.69 Å². The molecule has 6 nitrogen and oxygen atoms in total. The van der Waals surface area contributed by atoms with Crippen LogP contribution in [0.3, 0.4) is 0 Å².